The van der Waals surface area contributed by atoms with Crippen molar-refractivity contribution >= 4 is 23.5 Å². The summed E-state index contributed by atoms with van der Waals surface area (Å²) in [5.41, 5.74) is 1.57. The number of amides is 1. The molecular formula is C21H21NO6. The van der Waals surface area contributed by atoms with Gasteiger partial charge in [-0.3, -0.25) is 10.1 Å². The van der Waals surface area contributed by atoms with Gasteiger partial charge in [0.2, 0.25) is 0 Å². The number of anilines is 1. The number of carbonyl (C=O) groups excluding carboxylic acids is 2. The van der Waals surface area contributed by atoms with Crippen LogP contribution in [0.1, 0.15) is 35.9 Å². The van der Waals surface area contributed by atoms with Crippen molar-refractivity contribution in [1.29, 1.82) is 0 Å². The zero-order valence-corrected chi connectivity index (χ0v) is 15.5. The van der Waals surface area contributed by atoms with Crippen LogP contribution in [0, 0.1) is 5.92 Å². The second kappa shape index (κ2) is 9.36. The van der Waals surface area contributed by atoms with Gasteiger partial charge in [-0.05, 0) is 48.9 Å². The van der Waals surface area contributed by atoms with Crippen molar-refractivity contribution in [3.63, 3.8) is 0 Å². The molecule has 2 rings (SSSR count). The number of carboxylic acid groups (broad SMARTS) is 1. The predicted octanol–water partition coefficient (Wildman–Crippen LogP) is 4.16. The van der Waals surface area contributed by atoms with E-state index in [1.54, 1.807) is 43.3 Å². The van der Waals surface area contributed by atoms with Gasteiger partial charge in [0.05, 0.1) is 0 Å². The molecule has 3 N–H and O–H groups in total. The van der Waals surface area contributed by atoms with Crippen LogP contribution in [-0.2, 0) is 9.53 Å². The van der Waals surface area contributed by atoms with E-state index < -0.39 is 24.1 Å². The molecule has 7 nitrogen and oxygen atoms in total. The second-order valence-electron chi connectivity index (χ2n) is 6.23. The highest BCUT2D eigenvalue weighted by Crippen LogP contribution is 2.29. The molecule has 0 fully saturated rings. The van der Waals surface area contributed by atoms with Gasteiger partial charge < -0.3 is 14.9 Å². The van der Waals surface area contributed by atoms with Crippen LogP contribution < -0.4 is 5.32 Å². The standard InChI is InChI=1S/C21H21NO6/c1-13(3-12-19(25)26)20(16-6-10-18(24)11-7-16)28-21(27)22-17-8-4-15(5-9-17)14(2)23/h3-13,20,24H,1-2H3,(H,22,27)(H,25,26)/b12-3+/t13-,20-/m0/s1. The van der Waals surface area contributed by atoms with E-state index in [-0.39, 0.29) is 11.5 Å². The van der Waals surface area contributed by atoms with Crippen molar-refractivity contribution in [3.05, 3.63) is 71.8 Å². The smallest absolute Gasteiger partial charge is 0.412 e. The number of carboxylic acids is 1. The van der Waals surface area contributed by atoms with Crippen molar-refractivity contribution in [2.45, 2.75) is 20.0 Å². The van der Waals surface area contributed by atoms with Crippen molar-refractivity contribution < 1.29 is 29.3 Å². The van der Waals surface area contributed by atoms with E-state index >= 15 is 0 Å². The van der Waals surface area contributed by atoms with Gasteiger partial charge in [-0.2, -0.15) is 0 Å². The molecule has 0 aromatic heterocycles. The lowest BCUT2D eigenvalue weighted by atomic mass is 9.96. The van der Waals surface area contributed by atoms with E-state index in [9.17, 15) is 19.5 Å². The van der Waals surface area contributed by atoms with Crippen LogP contribution in [0.4, 0.5) is 10.5 Å². The van der Waals surface area contributed by atoms with Crippen LogP contribution in [0.15, 0.2) is 60.7 Å². The van der Waals surface area contributed by atoms with Crippen LogP contribution in [0.3, 0.4) is 0 Å². The van der Waals surface area contributed by atoms with Crippen LogP contribution in [0.25, 0.3) is 0 Å². The first-order valence-electron chi connectivity index (χ1n) is 8.55. The van der Waals surface area contributed by atoms with Gasteiger partial charge in [-0.25, -0.2) is 9.59 Å². The lowest BCUT2D eigenvalue weighted by Gasteiger charge is -2.22. The van der Waals surface area contributed by atoms with E-state index in [0.29, 0.717) is 16.8 Å². The normalized spacial score (nSPS) is 12.9. The number of carbonyl (C=O) groups is 3. The molecule has 2 aromatic carbocycles. The van der Waals surface area contributed by atoms with E-state index in [1.807, 2.05) is 0 Å². The minimum atomic E-state index is -1.11. The number of hydrogen-bond acceptors (Lipinski definition) is 5. The Labute approximate surface area is 162 Å². The first kappa shape index (κ1) is 20.7. The molecular weight excluding hydrogens is 362 g/mol. The summed E-state index contributed by atoms with van der Waals surface area (Å²) in [5.74, 6) is -1.57. The number of phenols is 1. The quantitative estimate of drug-likeness (QED) is 0.489. The van der Waals surface area contributed by atoms with Gasteiger partial charge in [0.1, 0.15) is 11.9 Å². The molecule has 146 valence electrons. The number of hydrogen-bond donors (Lipinski definition) is 3. The van der Waals surface area contributed by atoms with Gasteiger partial charge in [0.15, 0.2) is 5.78 Å². The second-order valence-corrected chi connectivity index (χ2v) is 6.23. The molecule has 2 aromatic rings. The zero-order chi connectivity index (χ0) is 20.7. The first-order chi connectivity index (χ1) is 13.3. The van der Waals surface area contributed by atoms with Crippen LogP contribution >= 0.6 is 0 Å². The van der Waals surface area contributed by atoms with Gasteiger partial charge in [-0.15, -0.1) is 0 Å². The summed E-state index contributed by atoms with van der Waals surface area (Å²) >= 11 is 0. The van der Waals surface area contributed by atoms with Crippen molar-refractivity contribution in [1.82, 2.24) is 0 Å². The molecule has 0 aliphatic carbocycles. The Morgan fingerprint density at radius 1 is 1.04 bits per heavy atom. The monoisotopic (exact) mass is 383 g/mol. The molecule has 0 aliphatic heterocycles. The summed E-state index contributed by atoms with van der Waals surface area (Å²) in [4.78, 5) is 34.4. The Hall–Kier alpha value is -3.61. The molecule has 0 saturated heterocycles. The summed E-state index contributed by atoms with van der Waals surface area (Å²) in [5, 5.41) is 20.9. The number of ketones is 1. The fourth-order valence-corrected chi connectivity index (χ4v) is 2.53. The molecule has 0 bridgehead atoms. The van der Waals surface area contributed by atoms with E-state index in [1.165, 1.54) is 25.1 Å². The number of phenolic OH excluding ortho intramolecular Hbond substituents is 1. The molecule has 0 aliphatic rings. The molecule has 1 amide bonds. The summed E-state index contributed by atoms with van der Waals surface area (Å²) in [6.45, 7) is 3.16. The Balaban J connectivity index is 2.16. The van der Waals surface area contributed by atoms with E-state index in [0.717, 1.165) is 6.08 Å². The highest BCUT2D eigenvalue weighted by molar-refractivity contribution is 5.95. The predicted molar refractivity (Wildman–Crippen MR) is 103 cm³/mol. The maximum Gasteiger partial charge on any atom is 0.412 e. The van der Waals surface area contributed by atoms with Crippen molar-refractivity contribution in [2.75, 3.05) is 5.32 Å². The topological polar surface area (TPSA) is 113 Å². The summed E-state index contributed by atoms with van der Waals surface area (Å²) in [6.07, 6.45) is 0.908. The van der Waals surface area contributed by atoms with Gasteiger partial charge in [-0.1, -0.05) is 25.1 Å². The number of aromatic hydroxyl groups is 1. The molecule has 0 unspecified atom stereocenters. The Kier molecular flexibility index (Phi) is 6.92. The highest BCUT2D eigenvalue weighted by atomic mass is 16.6. The molecule has 0 spiro atoms. The fourth-order valence-electron chi connectivity index (χ4n) is 2.53. The van der Waals surface area contributed by atoms with Crippen molar-refractivity contribution in [2.24, 2.45) is 5.92 Å². The lowest BCUT2D eigenvalue weighted by Crippen LogP contribution is -2.21. The SMILES string of the molecule is CC(=O)c1ccc(NC(=O)O[C@H](c2ccc(O)cc2)[C@@H](C)/C=C/C(=O)O)cc1. The summed E-state index contributed by atoms with van der Waals surface area (Å²) in [6, 6.07) is 12.5. The Bertz CT molecular complexity index is 871. The van der Waals surface area contributed by atoms with E-state index in [4.69, 9.17) is 9.84 Å². The first-order valence-corrected chi connectivity index (χ1v) is 8.55. The van der Waals surface area contributed by atoms with Gasteiger partial charge >= 0.3 is 12.1 Å². The van der Waals surface area contributed by atoms with Gasteiger partial charge in [0.25, 0.3) is 0 Å². The Morgan fingerprint density at radius 2 is 1.64 bits per heavy atom. The highest BCUT2D eigenvalue weighted by Gasteiger charge is 2.22. The zero-order valence-electron chi connectivity index (χ0n) is 15.5. The molecule has 0 radical (unpaired) electrons. The number of Topliss-reactive ketones (excluding diaryl/α,β-unsaturated/α-hetero) is 1. The number of ether oxygens (including phenoxy) is 1. The maximum atomic E-state index is 12.3. The molecule has 0 heterocycles. The van der Waals surface area contributed by atoms with E-state index in [2.05, 4.69) is 5.32 Å². The lowest BCUT2D eigenvalue weighted by molar-refractivity contribution is -0.131. The van der Waals surface area contributed by atoms with Gasteiger partial charge in [0, 0.05) is 23.2 Å². The number of benzene rings is 2. The third-order valence-corrected chi connectivity index (χ3v) is 4.01. The minimum Gasteiger partial charge on any atom is -0.508 e. The average molecular weight is 383 g/mol. The third-order valence-electron chi connectivity index (χ3n) is 4.01. The molecule has 0 saturated carbocycles. The van der Waals surface area contributed by atoms with Crippen LogP contribution in [0.5, 0.6) is 5.75 Å². The molecule has 2 atom stereocenters. The average Bonchev–Trinajstić information content (AvgIpc) is 2.65. The fraction of sp³-hybridized carbons (Fsp3) is 0.190. The largest absolute Gasteiger partial charge is 0.508 e. The third kappa shape index (κ3) is 5.98. The van der Waals surface area contributed by atoms with Crippen LogP contribution in [0.2, 0.25) is 0 Å². The molecule has 7 heteroatoms. The summed E-state index contributed by atoms with van der Waals surface area (Å²) < 4.78 is 5.51. The summed E-state index contributed by atoms with van der Waals surface area (Å²) in [7, 11) is 0. The molecule has 28 heavy (non-hydrogen) atoms. The Morgan fingerprint density at radius 3 is 2.18 bits per heavy atom. The minimum absolute atomic E-state index is 0.0613. The van der Waals surface area contributed by atoms with Crippen molar-refractivity contribution in [3.8, 4) is 5.75 Å². The number of rotatable bonds is 7. The van der Waals surface area contributed by atoms with Crippen LogP contribution in [-0.4, -0.2) is 28.1 Å². The maximum absolute atomic E-state index is 12.3. The number of nitrogens with one attached hydrogen (secondary N) is 1. The number of aliphatic carboxylic acids is 1.